The van der Waals surface area contributed by atoms with Gasteiger partial charge in [-0.05, 0) is 41.8 Å². The Morgan fingerprint density at radius 2 is 1.71 bits per heavy atom. The number of methoxy groups -OCH3 is 3. The minimum Gasteiger partial charge on any atom is -0.493 e. The number of ether oxygens (including phenoxy) is 3. The van der Waals surface area contributed by atoms with Crippen molar-refractivity contribution in [3.05, 3.63) is 35.9 Å². The van der Waals surface area contributed by atoms with E-state index < -0.39 is 0 Å². The monoisotopic (exact) mass is 285 g/mol. The summed E-state index contributed by atoms with van der Waals surface area (Å²) >= 11 is 0. The summed E-state index contributed by atoms with van der Waals surface area (Å²) in [5.74, 6) is 1.99. The van der Waals surface area contributed by atoms with E-state index >= 15 is 0 Å². The number of anilines is 1. The molecule has 3 rings (SSSR count). The third-order valence-electron chi connectivity index (χ3n) is 3.83. The standard InChI is InChI=1S/C17H19NO3/c1-19-15-7-5-13(16(20-2)17(15)21-3)11-4-6-14-12(10-11)8-9-18-14/h4-7,10,18H,8-9H2,1-3H3. The number of benzene rings is 2. The van der Waals surface area contributed by atoms with E-state index in [0.29, 0.717) is 17.2 Å². The quantitative estimate of drug-likeness (QED) is 0.935. The third kappa shape index (κ3) is 2.27. The van der Waals surface area contributed by atoms with Crippen LogP contribution < -0.4 is 19.5 Å². The fourth-order valence-electron chi connectivity index (χ4n) is 2.80. The van der Waals surface area contributed by atoms with Crippen LogP contribution >= 0.6 is 0 Å². The maximum atomic E-state index is 5.56. The third-order valence-corrected chi connectivity index (χ3v) is 3.83. The second kappa shape index (κ2) is 5.56. The molecule has 0 bridgehead atoms. The summed E-state index contributed by atoms with van der Waals surface area (Å²) in [6.07, 6.45) is 1.05. The topological polar surface area (TPSA) is 39.7 Å². The van der Waals surface area contributed by atoms with E-state index in [4.69, 9.17) is 14.2 Å². The zero-order chi connectivity index (χ0) is 14.8. The molecule has 0 unspecified atom stereocenters. The maximum absolute atomic E-state index is 5.56. The Kier molecular flexibility index (Phi) is 3.60. The highest BCUT2D eigenvalue weighted by molar-refractivity contribution is 5.78. The van der Waals surface area contributed by atoms with Gasteiger partial charge in [-0.3, -0.25) is 0 Å². The normalized spacial score (nSPS) is 12.5. The molecular formula is C17H19NO3. The van der Waals surface area contributed by atoms with Crippen molar-refractivity contribution in [2.24, 2.45) is 0 Å². The fourth-order valence-corrected chi connectivity index (χ4v) is 2.80. The first-order valence-electron chi connectivity index (χ1n) is 6.94. The van der Waals surface area contributed by atoms with Crippen LogP contribution in [0.5, 0.6) is 17.2 Å². The molecule has 21 heavy (non-hydrogen) atoms. The average Bonchev–Trinajstić information content (AvgIpc) is 3.00. The number of nitrogens with one attached hydrogen (secondary N) is 1. The highest BCUT2D eigenvalue weighted by Crippen LogP contribution is 2.44. The van der Waals surface area contributed by atoms with Crippen LogP contribution in [0.25, 0.3) is 11.1 Å². The van der Waals surface area contributed by atoms with Gasteiger partial charge in [-0.15, -0.1) is 0 Å². The molecule has 0 atom stereocenters. The second-order valence-electron chi connectivity index (χ2n) is 4.93. The molecule has 0 radical (unpaired) electrons. The lowest BCUT2D eigenvalue weighted by Gasteiger charge is -2.16. The van der Waals surface area contributed by atoms with Crippen molar-refractivity contribution in [2.75, 3.05) is 33.2 Å². The van der Waals surface area contributed by atoms with Gasteiger partial charge in [0.05, 0.1) is 21.3 Å². The van der Waals surface area contributed by atoms with Crippen LogP contribution in [-0.2, 0) is 6.42 Å². The second-order valence-corrected chi connectivity index (χ2v) is 4.93. The van der Waals surface area contributed by atoms with Gasteiger partial charge < -0.3 is 19.5 Å². The molecule has 1 heterocycles. The molecular weight excluding hydrogens is 266 g/mol. The first kappa shape index (κ1) is 13.6. The molecule has 4 nitrogen and oxygen atoms in total. The first-order valence-corrected chi connectivity index (χ1v) is 6.94. The van der Waals surface area contributed by atoms with Gasteiger partial charge in [0.25, 0.3) is 0 Å². The predicted octanol–water partition coefficient (Wildman–Crippen LogP) is 3.35. The first-order chi connectivity index (χ1) is 10.3. The van der Waals surface area contributed by atoms with Gasteiger partial charge in [0.1, 0.15) is 0 Å². The molecule has 1 aliphatic heterocycles. The van der Waals surface area contributed by atoms with Crippen molar-refractivity contribution >= 4 is 5.69 Å². The van der Waals surface area contributed by atoms with E-state index in [9.17, 15) is 0 Å². The summed E-state index contributed by atoms with van der Waals surface area (Å²) in [6, 6.07) is 10.3. The van der Waals surface area contributed by atoms with Gasteiger partial charge in [0.15, 0.2) is 11.5 Å². The van der Waals surface area contributed by atoms with E-state index in [-0.39, 0.29) is 0 Å². The van der Waals surface area contributed by atoms with Crippen LogP contribution in [0.3, 0.4) is 0 Å². The van der Waals surface area contributed by atoms with Crippen LogP contribution in [0.1, 0.15) is 5.56 Å². The summed E-state index contributed by atoms with van der Waals surface area (Å²) in [4.78, 5) is 0. The number of fused-ring (bicyclic) bond motifs is 1. The molecule has 0 spiro atoms. The smallest absolute Gasteiger partial charge is 0.203 e. The van der Waals surface area contributed by atoms with Crippen molar-refractivity contribution < 1.29 is 14.2 Å². The molecule has 0 saturated heterocycles. The van der Waals surface area contributed by atoms with Gasteiger partial charge in [-0.1, -0.05) is 6.07 Å². The number of hydrogen-bond acceptors (Lipinski definition) is 4. The van der Waals surface area contributed by atoms with E-state index in [0.717, 1.165) is 24.1 Å². The van der Waals surface area contributed by atoms with Gasteiger partial charge in [-0.2, -0.15) is 0 Å². The summed E-state index contributed by atoms with van der Waals surface area (Å²) in [6.45, 7) is 1.00. The molecule has 0 aromatic heterocycles. The lowest BCUT2D eigenvalue weighted by atomic mass is 10.00. The Balaban J connectivity index is 2.14. The largest absolute Gasteiger partial charge is 0.493 e. The van der Waals surface area contributed by atoms with Crippen LogP contribution in [0.15, 0.2) is 30.3 Å². The fraction of sp³-hybridized carbons (Fsp3) is 0.294. The average molecular weight is 285 g/mol. The van der Waals surface area contributed by atoms with Crippen molar-refractivity contribution in [3.63, 3.8) is 0 Å². The summed E-state index contributed by atoms with van der Waals surface area (Å²) in [5.41, 5.74) is 4.68. The lowest BCUT2D eigenvalue weighted by molar-refractivity contribution is 0.325. The zero-order valence-corrected chi connectivity index (χ0v) is 12.5. The highest BCUT2D eigenvalue weighted by atomic mass is 16.5. The molecule has 1 N–H and O–H groups in total. The van der Waals surface area contributed by atoms with Crippen molar-refractivity contribution in [1.29, 1.82) is 0 Å². The van der Waals surface area contributed by atoms with E-state index in [2.05, 4.69) is 23.5 Å². The maximum Gasteiger partial charge on any atom is 0.203 e. The number of rotatable bonds is 4. The SMILES string of the molecule is COc1ccc(-c2ccc3c(c2)CCN3)c(OC)c1OC. The lowest BCUT2D eigenvalue weighted by Crippen LogP contribution is -1.97. The molecule has 0 aliphatic carbocycles. The molecule has 0 fully saturated rings. The van der Waals surface area contributed by atoms with Crippen LogP contribution in [0.4, 0.5) is 5.69 Å². The van der Waals surface area contributed by atoms with Gasteiger partial charge in [0.2, 0.25) is 5.75 Å². The van der Waals surface area contributed by atoms with Crippen molar-refractivity contribution in [3.8, 4) is 28.4 Å². The van der Waals surface area contributed by atoms with Crippen molar-refractivity contribution in [1.82, 2.24) is 0 Å². The molecule has 2 aromatic carbocycles. The summed E-state index contributed by atoms with van der Waals surface area (Å²) in [5, 5.41) is 3.37. The number of hydrogen-bond donors (Lipinski definition) is 1. The zero-order valence-electron chi connectivity index (χ0n) is 12.5. The Morgan fingerprint density at radius 3 is 2.43 bits per heavy atom. The highest BCUT2D eigenvalue weighted by Gasteiger charge is 2.18. The summed E-state index contributed by atoms with van der Waals surface area (Å²) < 4.78 is 16.3. The molecule has 0 saturated carbocycles. The predicted molar refractivity (Wildman–Crippen MR) is 83.7 cm³/mol. The molecule has 1 aliphatic rings. The van der Waals surface area contributed by atoms with E-state index in [1.807, 2.05) is 12.1 Å². The van der Waals surface area contributed by atoms with Crippen LogP contribution in [0, 0.1) is 0 Å². The molecule has 0 amide bonds. The Hall–Kier alpha value is -2.36. The van der Waals surface area contributed by atoms with Gasteiger partial charge in [0, 0.05) is 17.8 Å². The molecule has 2 aromatic rings. The van der Waals surface area contributed by atoms with Crippen LogP contribution in [0.2, 0.25) is 0 Å². The van der Waals surface area contributed by atoms with Crippen LogP contribution in [-0.4, -0.2) is 27.9 Å². The Bertz CT molecular complexity index is 667. The van der Waals surface area contributed by atoms with Crippen molar-refractivity contribution in [2.45, 2.75) is 6.42 Å². The molecule has 110 valence electrons. The Morgan fingerprint density at radius 1 is 0.905 bits per heavy atom. The van der Waals surface area contributed by atoms with E-state index in [1.54, 1.807) is 21.3 Å². The van der Waals surface area contributed by atoms with E-state index in [1.165, 1.54) is 11.3 Å². The summed E-state index contributed by atoms with van der Waals surface area (Å²) in [7, 11) is 4.89. The minimum absolute atomic E-state index is 0.621. The van der Waals surface area contributed by atoms with Gasteiger partial charge in [-0.25, -0.2) is 0 Å². The Labute approximate surface area is 124 Å². The molecule has 4 heteroatoms. The van der Waals surface area contributed by atoms with Gasteiger partial charge >= 0.3 is 0 Å². The minimum atomic E-state index is 0.621.